The van der Waals surface area contributed by atoms with Crippen LogP contribution in [0.4, 0.5) is 11.6 Å². The van der Waals surface area contributed by atoms with Crippen molar-refractivity contribution < 1.29 is 36.0 Å². The molecule has 0 bridgehead atoms. The van der Waals surface area contributed by atoms with Gasteiger partial charge in [0.15, 0.2) is 34.3 Å². The van der Waals surface area contributed by atoms with Crippen LogP contribution < -0.4 is 29.6 Å². The zero-order chi connectivity index (χ0) is 40.6. The van der Waals surface area contributed by atoms with Crippen LogP contribution in [0.25, 0.3) is 33.4 Å². The van der Waals surface area contributed by atoms with Crippen LogP contribution >= 0.6 is 22.6 Å². The van der Waals surface area contributed by atoms with E-state index in [2.05, 4.69) is 75.5 Å². The fraction of sp³-hybridized carbons (Fsp3) is 0.143. The molecule has 0 saturated carbocycles. The molecule has 0 unspecified atom stereocenters. The van der Waals surface area contributed by atoms with E-state index in [9.17, 15) is 0 Å². The molecule has 4 aromatic heterocycles. The van der Waals surface area contributed by atoms with E-state index in [0.29, 0.717) is 56.5 Å². The average molecular weight is 959 g/mol. The normalized spacial score (nSPS) is 12.1. The second-order valence-electron chi connectivity index (χ2n) is 12.8. The summed E-state index contributed by atoms with van der Waals surface area (Å²) in [5.74, 6) is 4.53. The van der Waals surface area contributed by atoms with E-state index >= 15 is 0 Å². The molecule has 0 radical (unpaired) electrons. The Morgan fingerprint density at radius 2 is 1.10 bits per heavy atom. The van der Waals surface area contributed by atoms with Gasteiger partial charge in [0.2, 0.25) is 0 Å². The van der Waals surface area contributed by atoms with Crippen molar-refractivity contribution in [1.82, 2.24) is 39.5 Å². The zero-order valence-electron chi connectivity index (χ0n) is 31.4. The standard InChI is InChI=1S/C21H16N6O2.C20H16IN5O2.CN.Cu/c22-10-14-2-1-3-16(8-14)27-21-17(12-26-27)20(24-13-25-21)23-11-15-4-5-18-19(9-15)29-7-6-28-18;21-14-2-1-3-15(9-14)26-20-16(11-25-26)19(23-12-24-20)22-10-13-4-5-17-18(8-13)28-7-6-27-17;1-2;/h1-5,8-9,12-13H,6-7,11H2,(H,23,24,25);1-5,8-9,11-12H,6-7,10H2,(H,22,23,24);;/q;;-1;+1. The summed E-state index contributed by atoms with van der Waals surface area (Å²) in [7, 11) is 0. The molecule has 0 spiro atoms. The Kier molecular flexibility index (Phi) is 13.2. The van der Waals surface area contributed by atoms with Crippen LogP contribution in [-0.2, 0) is 30.2 Å². The molecule has 16 nitrogen and oxygen atoms in total. The fourth-order valence-electron chi connectivity index (χ4n) is 6.43. The van der Waals surface area contributed by atoms with Gasteiger partial charge in [0.05, 0.1) is 46.2 Å². The van der Waals surface area contributed by atoms with Crippen LogP contribution in [0.5, 0.6) is 23.0 Å². The van der Waals surface area contributed by atoms with E-state index in [1.807, 2.05) is 71.4 Å². The molecule has 2 aliphatic heterocycles. The zero-order valence-corrected chi connectivity index (χ0v) is 34.5. The Morgan fingerprint density at radius 3 is 1.60 bits per heavy atom. The average Bonchev–Trinajstić information content (AvgIpc) is 3.94. The van der Waals surface area contributed by atoms with E-state index in [0.717, 1.165) is 71.3 Å². The second-order valence-corrected chi connectivity index (χ2v) is 14.1. The molecule has 4 aromatic carbocycles. The molecule has 60 heavy (non-hydrogen) atoms. The number of hydrogen-bond acceptors (Lipinski definition) is 14. The summed E-state index contributed by atoms with van der Waals surface area (Å²) in [5, 5.41) is 32.7. The van der Waals surface area contributed by atoms with Crippen molar-refractivity contribution in [3.63, 3.8) is 0 Å². The molecule has 0 amide bonds. The first-order valence-corrected chi connectivity index (χ1v) is 19.3. The van der Waals surface area contributed by atoms with Gasteiger partial charge in [0.25, 0.3) is 0 Å². The fourth-order valence-corrected chi connectivity index (χ4v) is 6.96. The summed E-state index contributed by atoms with van der Waals surface area (Å²) in [5.41, 5.74) is 5.88. The van der Waals surface area contributed by atoms with Gasteiger partial charge < -0.3 is 41.4 Å². The number of fused-ring (bicyclic) bond motifs is 4. The number of nitrogens with zero attached hydrogens (tertiary/aromatic N) is 10. The molecule has 0 aliphatic carbocycles. The number of hydrogen-bond donors (Lipinski definition) is 2. The first-order chi connectivity index (χ1) is 29.1. The van der Waals surface area contributed by atoms with Gasteiger partial charge in [-0.05, 0) is 94.4 Å². The van der Waals surface area contributed by atoms with Crippen molar-refractivity contribution in [3.05, 3.63) is 137 Å². The van der Waals surface area contributed by atoms with Crippen molar-refractivity contribution in [2.75, 3.05) is 37.1 Å². The summed E-state index contributed by atoms with van der Waals surface area (Å²) in [4.78, 5) is 17.6. The smallest absolute Gasteiger partial charge is 0.512 e. The third-order valence-corrected chi connectivity index (χ3v) is 9.81. The molecule has 8 aromatic rings. The summed E-state index contributed by atoms with van der Waals surface area (Å²) in [6, 6.07) is 29.4. The Hall–Kier alpha value is -6.99. The molecular formula is C42H32CuIN12O4. The van der Waals surface area contributed by atoms with Crippen LogP contribution in [0.15, 0.2) is 110 Å². The van der Waals surface area contributed by atoms with E-state index in [-0.39, 0.29) is 17.1 Å². The largest absolute Gasteiger partial charge is 1.00 e. The Labute approximate surface area is 367 Å². The third-order valence-electron chi connectivity index (χ3n) is 9.14. The van der Waals surface area contributed by atoms with Crippen LogP contribution in [0.2, 0.25) is 0 Å². The molecule has 2 N–H and O–H groups in total. The van der Waals surface area contributed by atoms with Crippen LogP contribution in [-0.4, -0.2) is 65.9 Å². The minimum atomic E-state index is 0. The second kappa shape index (κ2) is 19.2. The SMILES string of the molecule is Ic1cccc(-n2ncc3c(NCc4ccc5c(c4)OCCO5)ncnc32)c1.N#Cc1cccc(-n2ncc3c(NCc4ccc5c(c4)OCCO5)ncnc32)c1.[C-]#N.[Cu+]. The molecule has 0 atom stereocenters. The van der Waals surface area contributed by atoms with Crippen LogP contribution in [0, 0.1) is 26.7 Å². The van der Waals surface area contributed by atoms with Gasteiger partial charge in [-0.1, -0.05) is 24.3 Å². The van der Waals surface area contributed by atoms with E-state index in [1.165, 1.54) is 6.33 Å². The predicted molar refractivity (Wildman–Crippen MR) is 225 cm³/mol. The van der Waals surface area contributed by atoms with Crippen molar-refractivity contribution in [1.29, 1.82) is 10.5 Å². The number of benzene rings is 4. The Bertz CT molecular complexity index is 2840. The third kappa shape index (κ3) is 9.01. The molecule has 0 saturated heterocycles. The maximum atomic E-state index is 9.14. The summed E-state index contributed by atoms with van der Waals surface area (Å²) in [6.45, 7) is 8.23. The van der Waals surface area contributed by atoms with Gasteiger partial charge in [-0.3, -0.25) is 0 Å². The Morgan fingerprint density at radius 1 is 0.617 bits per heavy atom. The maximum Gasteiger partial charge on any atom is 1.00 e. The number of anilines is 2. The molecule has 2 aliphatic rings. The van der Waals surface area contributed by atoms with Gasteiger partial charge in [0, 0.05) is 16.7 Å². The van der Waals surface area contributed by atoms with Crippen LogP contribution in [0.3, 0.4) is 0 Å². The minimum absolute atomic E-state index is 0. The van der Waals surface area contributed by atoms with Crippen molar-refractivity contribution >= 4 is 56.3 Å². The first kappa shape index (κ1) is 41.2. The van der Waals surface area contributed by atoms with Gasteiger partial charge in [-0.2, -0.15) is 15.5 Å². The summed E-state index contributed by atoms with van der Waals surface area (Å²) in [6.07, 6.45) is 6.57. The molecule has 10 rings (SSSR count). The minimum Gasteiger partial charge on any atom is -0.512 e. The van der Waals surface area contributed by atoms with Gasteiger partial charge in [-0.15, -0.1) is 0 Å². The van der Waals surface area contributed by atoms with E-state index < -0.39 is 0 Å². The summed E-state index contributed by atoms with van der Waals surface area (Å²) >= 11 is 2.29. The molecule has 18 heteroatoms. The number of halogens is 1. The molecule has 0 fully saturated rings. The first-order valence-electron chi connectivity index (χ1n) is 18.2. The van der Waals surface area contributed by atoms with Crippen molar-refractivity contribution in [2.24, 2.45) is 0 Å². The number of aromatic nitrogens is 8. The van der Waals surface area contributed by atoms with E-state index in [4.69, 9.17) is 36.0 Å². The van der Waals surface area contributed by atoms with Gasteiger partial charge in [0.1, 0.15) is 50.7 Å². The van der Waals surface area contributed by atoms with E-state index in [1.54, 1.807) is 35.5 Å². The number of nitrogens with one attached hydrogen (secondary N) is 2. The Balaban J connectivity index is 0.000000172. The van der Waals surface area contributed by atoms with Gasteiger partial charge in [-0.25, -0.2) is 29.3 Å². The monoisotopic (exact) mass is 958 g/mol. The number of nitriles is 1. The molecular weight excluding hydrogens is 927 g/mol. The summed E-state index contributed by atoms with van der Waals surface area (Å²) < 4.78 is 27.1. The predicted octanol–water partition coefficient (Wildman–Crippen LogP) is 6.97. The molecule has 6 heterocycles. The quantitative estimate of drug-likeness (QED) is 0.0901. The number of rotatable bonds is 8. The maximum absolute atomic E-state index is 9.14. The topological polar surface area (TPSA) is 196 Å². The van der Waals surface area contributed by atoms with Crippen molar-refractivity contribution in [2.45, 2.75) is 13.1 Å². The van der Waals surface area contributed by atoms with Gasteiger partial charge >= 0.3 is 17.1 Å². The molecule has 302 valence electrons. The van der Waals surface area contributed by atoms with Crippen LogP contribution in [0.1, 0.15) is 16.7 Å². The van der Waals surface area contributed by atoms with Crippen molar-refractivity contribution in [3.8, 4) is 40.4 Å². The number of ether oxygens (including phenoxy) is 4.